The summed E-state index contributed by atoms with van der Waals surface area (Å²) in [7, 11) is 0. The molecule has 0 radical (unpaired) electrons. The van der Waals surface area contributed by atoms with Gasteiger partial charge in [-0.15, -0.1) is 0 Å². The number of halogens is 1. The summed E-state index contributed by atoms with van der Waals surface area (Å²) in [6.45, 7) is 3.00. The van der Waals surface area contributed by atoms with E-state index >= 15 is 0 Å². The monoisotopic (exact) mass is 569 g/mol. The molecule has 0 spiro atoms. The van der Waals surface area contributed by atoms with Crippen molar-refractivity contribution in [2.75, 3.05) is 19.7 Å². The van der Waals surface area contributed by atoms with E-state index in [0.717, 1.165) is 43.6 Å². The molecule has 2 aromatic rings. The zero-order chi connectivity index (χ0) is 28.6. The molecule has 2 N–H and O–H groups in total. The first-order valence-corrected chi connectivity index (χ1v) is 15.6. The maximum absolute atomic E-state index is 14.1. The van der Waals surface area contributed by atoms with Crippen molar-refractivity contribution >= 4 is 11.8 Å². The minimum Gasteiger partial charge on any atom is -0.483 e. The molecule has 3 fully saturated rings. The molecule has 41 heavy (non-hydrogen) atoms. The quantitative estimate of drug-likeness (QED) is 0.283. The van der Waals surface area contributed by atoms with Crippen LogP contribution >= 0.6 is 0 Å². The molecule has 1 aliphatic carbocycles. The van der Waals surface area contributed by atoms with Gasteiger partial charge in [0.25, 0.3) is 11.8 Å². The maximum atomic E-state index is 14.1. The molecule has 2 saturated heterocycles. The number of ether oxygens (including phenoxy) is 2. The van der Waals surface area contributed by atoms with Gasteiger partial charge in [-0.1, -0.05) is 57.9 Å². The van der Waals surface area contributed by atoms with Crippen LogP contribution in [0.5, 0.6) is 5.75 Å². The molecular formula is C32H44FN3O5. The third-order valence-corrected chi connectivity index (χ3v) is 8.93. The van der Waals surface area contributed by atoms with E-state index in [9.17, 15) is 14.0 Å². The van der Waals surface area contributed by atoms with Crippen molar-refractivity contribution in [1.29, 1.82) is 0 Å². The highest BCUT2D eigenvalue weighted by Gasteiger charge is 2.51. The van der Waals surface area contributed by atoms with Crippen LogP contribution in [0.3, 0.4) is 0 Å². The number of carbonyl (C=O) groups excluding carboxylic acids is 2. The summed E-state index contributed by atoms with van der Waals surface area (Å²) in [5.74, 6) is 0.767. The number of aromatic nitrogens is 1. The van der Waals surface area contributed by atoms with E-state index in [1.54, 1.807) is 6.07 Å². The molecule has 224 valence electrons. The number of unbranched alkanes of at least 4 members (excludes halogenated alkanes) is 1. The van der Waals surface area contributed by atoms with Crippen molar-refractivity contribution in [2.24, 2.45) is 11.8 Å². The molecule has 1 aromatic heterocycles. The van der Waals surface area contributed by atoms with Crippen molar-refractivity contribution in [3.63, 3.8) is 0 Å². The fraction of sp³-hybridized carbons (Fsp3) is 0.656. The lowest BCUT2D eigenvalue weighted by atomic mass is 9.76. The minimum atomic E-state index is -0.421. The van der Waals surface area contributed by atoms with Crippen LogP contribution in [-0.4, -0.2) is 48.7 Å². The Balaban J connectivity index is 1.18. The van der Waals surface area contributed by atoms with Crippen molar-refractivity contribution in [3.05, 3.63) is 47.4 Å². The molecule has 3 heterocycles. The third kappa shape index (κ3) is 7.67. The largest absolute Gasteiger partial charge is 0.483 e. The molecule has 1 saturated carbocycles. The SMILES string of the molecule is CCCNC(=O)COc1cc(F)ccc1C[C@@H]1[C@H](c2nc(C(=O)NCCCCC3CCCCC3)co2)[C@@H]2CC[C@H]1O2. The number of fused-ring (bicyclic) bond motifs is 2. The van der Waals surface area contributed by atoms with Crippen molar-refractivity contribution in [2.45, 2.75) is 102 Å². The van der Waals surface area contributed by atoms with Crippen LogP contribution in [0.2, 0.25) is 0 Å². The summed E-state index contributed by atoms with van der Waals surface area (Å²) in [6, 6.07) is 4.44. The average Bonchev–Trinajstić information content (AvgIpc) is 3.73. The van der Waals surface area contributed by atoms with Crippen LogP contribution in [-0.2, 0) is 16.0 Å². The molecule has 2 bridgehead atoms. The second-order valence-corrected chi connectivity index (χ2v) is 11.9. The van der Waals surface area contributed by atoms with Gasteiger partial charge in [-0.3, -0.25) is 9.59 Å². The van der Waals surface area contributed by atoms with Gasteiger partial charge < -0.3 is 24.5 Å². The average molecular weight is 570 g/mol. The third-order valence-electron chi connectivity index (χ3n) is 8.93. The Morgan fingerprint density at radius 2 is 1.88 bits per heavy atom. The van der Waals surface area contributed by atoms with Gasteiger partial charge in [0.2, 0.25) is 5.89 Å². The van der Waals surface area contributed by atoms with E-state index < -0.39 is 5.82 Å². The van der Waals surface area contributed by atoms with Crippen LogP contribution < -0.4 is 15.4 Å². The number of oxazole rings is 1. The Bertz CT molecular complexity index is 1160. The predicted molar refractivity (Wildman–Crippen MR) is 152 cm³/mol. The lowest BCUT2D eigenvalue weighted by Gasteiger charge is -2.26. The van der Waals surface area contributed by atoms with Crippen LogP contribution in [0, 0.1) is 17.7 Å². The molecule has 5 rings (SSSR count). The molecule has 4 atom stereocenters. The highest BCUT2D eigenvalue weighted by atomic mass is 19.1. The van der Waals surface area contributed by atoms with E-state index in [1.165, 1.54) is 56.9 Å². The van der Waals surface area contributed by atoms with Crippen LogP contribution in [0.1, 0.15) is 105 Å². The standard InChI is InChI=1S/C32H44FN3O5/c1-2-15-34-29(37)20-39-28-18-23(33)12-11-22(28)17-24-26-13-14-27(41-26)30(24)32-36-25(19-40-32)31(38)35-16-7-6-10-21-8-4-3-5-9-21/h11-12,18-19,21,24,26-27,30H,2-10,13-17,20H2,1H3,(H,34,37)(H,35,38)/t24-,26+,27-,30-/m0/s1. The number of hydrogen-bond acceptors (Lipinski definition) is 6. The van der Waals surface area contributed by atoms with Crippen LogP contribution in [0.4, 0.5) is 4.39 Å². The van der Waals surface area contributed by atoms with Crippen LogP contribution in [0.15, 0.2) is 28.9 Å². The number of nitrogens with zero attached hydrogens (tertiary/aromatic N) is 1. The first-order chi connectivity index (χ1) is 20.0. The summed E-state index contributed by atoms with van der Waals surface area (Å²) in [4.78, 5) is 29.5. The van der Waals surface area contributed by atoms with E-state index in [2.05, 4.69) is 15.6 Å². The van der Waals surface area contributed by atoms with Gasteiger partial charge in [0, 0.05) is 25.1 Å². The number of rotatable bonds is 14. The second-order valence-electron chi connectivity index (χ2n) is 11.9. The Kier molecular flexibility index (Phi) is 10.3. The topological polar surface area (TPSA) is 103 Å². The van der Waals surface area contributed by atoms with E-state index in [-0.39, 0.29) is 48.2 Å². The number of carbonyl (C=O) groups is 2. The summed E-state index contributed by atoms with van der Waals surface area (Å²) in [5, 5.41) is 5.77. The molecule has 2 aliphatic heterocycles. The molecule has 8 nitrogen and oxygen atoms in total. The van der Waals surface area contributed by atoms with Crippen molar-refractivity contribution < 1.29 is 27.9 Å². The predicted octanol–water partition coefficient (Wildman–Crippen LogP) is 5.70. The normalized spacial score (nSPS) is 24.0. The van der Waals surface area contributed by atoms with Gasteiger partial charge in [-0.25, -0.2) is 9.37 Å². The number of amides is 2. The number of nitrogens with one attached hydrogen (secondary N) is 2. The summed E-state index contributed by atoms with van der Waals surface area (Å²) in [5.41, 5.74) is 1.09. The van der Waals surface area contributed by atoms with E-state index in [4.69, 9.17) is 13.9 Å². The van der Waals surface area contributed by atoms with Crippen molar-refractivity contribution in [1.82, 2.24) is 15.6 Å². The molecule has 9 heteroatoms. The number of hydrogen-bond donors (Lipinski definition) is 2. The molecule has 1 aromatic carbocycles. The zero-order valence-electron chi connectivity index (χ0n) is 24.2. The fourth-order valence-corrected chi connectivity index (χ4v) is 6.79. The molecule has 2 amide bonds. The van der Waals surface area contributed by atoms with Gasteiger partial charge in [0.1, 0.15) is 17.8 Å². The van der Waals surface area contributed by atoms with Gasteiger partial charge >= 0.3 is 0 Å². The molecular weight excluding hydrogens is 525 g/mol. The maximum Gasteiger partial charge on any atom is 0.273 e. The second kappa shape index (κ2) is 14.3. The zero-order valence-corrected chi connectivity index (χ0v) is 24.2. The van der Waals surface area contributed by atoms with E-state index in [1.807, 2.05) is 6.92 Å². The summed E-state index contributed by atoms with van der Waals surface area (Å²) in [6.07, 6.45) is 14.8. The Morgan fingerprint density at radius 1 is 1.05 bits per heavy atom. The highest BCUT2D eigenvalue weighted by molar-refractivity contribution is 5.91. The smallest absolute Gasteiger partial charge is 0.273 e. The Labute approximate surface area is 242 Å². The van der Waals surface area contributed by atoms with Gasteiger partial charge in [0.05, 0.1) is 18.1 Å². The summed E-state index contributed by atoms with van der Waals surface area (Å²) >= 11 is 0. The van der Waals surface area contributed by atoms with Gasteiger partial charge in [0.15, 0.2) is 12.3 Å². The van der Waals surface area contributed by atoms with E-state index in [0.29, 0.717) is 31.2 Å². The number of benzene rings is 1. The Morgan fingerprint density at radius 3 is 2.71 bits per heavy atom. The lowest BCUT2D eigenvalue weighted by molar-refractivity contribution is -0.123. The fourth-order valence-electron chi connectivity index (χ4n) is 6.79. The van der Waals surface area contributed by atoms with Crippen molar-refractivity contribution in [3.8, 4) is 5.75 Å². The summed E-state index contributed by atoms with van der Waals surface area (Å²) < 4.78 is 32.0. The lowest BCUT2D eigenvalue weighted by Crippen LogP contribution is -2.30. The first kappa shape index (κ1) is 29.5. The molecule has 3 aliphatic rings. The van der Waals surface area contributed by atoms with Gasteiger partial charge in [-0.05, 0) is 49.7 Å². The highest BCUT2D eigenvalue weighted by Crippen LogP contribution is 2.50. The van der Waals surface area contributed by atoms with Gasteiger partial charge in [-0.2, -0.15) is 0 Å². The molecule has 0 unspecified atom stereocenters. The Hall–Kier alpha value is -2.94. The first-order valence-electron chi connectivity index (χ1n) is 15.6. The van der Waals surface area contributed by atoms with Crippen LogP contribution in [0.25, 0.3) is 0 Å². The minimum absolute atomic E-state index is 0.0177.